The Bertz CT molecular complexity index is 1660. The van der Waals surface area contributed by atoms with Gasteiger partial charge in [0.25, 0.3) is 0 Å². The van der Waals surface area contributed by atoms with E-state index in [9.17, 15) is 23.1 Å². The van der Waals surface area contributed by atoms with Gasteiger partial charge >= 0.3 is 12.1 Å². The average molecular weight is 545 g/mol. The van der Waals surface area contributed by atoms with Crippen LogP contribution >= 0.6 is 0 Å². The van der Waals surface area contributed by atoms with E-state index < -0.39 is 23.1 Å². The van der Waals surface area contributed by atoms with Crippen LogP contribution < -0.4 is 4.74 Å². The first-order valence-electron chi connectivity index (χ1n) is 12.7. The van der Waals surface area contributed by atoms with Crippen LogP contribution in [-0.2, 0) is 29.5 Å². The lowest BCUT2D eigenvalue weighted by molar-refractivity contribution is -0.142. The first-order chi connectivity index (χ1) is 19.0. The second-order valence-electron chi connectivity index (χ2n) is 10.1. The van der Waals surface area contributed by atoms with Crippen molar-refractivity contribution in [2.75, 3.05) is 0 Å². The summed E-state index contributed by atoms with van der Waals surface area (Å²) in [6, 6.07) is 27.9. The first kappa shape index (κ1) is 27.0. The van der Waals surface area contributed by atoms with Crippen molar-refractivity contribution in [1.82, 2.24) is 9.78 Å². The van der Waals surface area contributed by atoms with Crippen molar-refractivity contribution in [3.05, 3.63) is 119 Å². The number of benzene rings is 4. The standard InChI is InChI=1S/C32H27F3N2O3/c1-31(2,30(38)39)24-16-14-22(15-17-24)20-40-25-11-6-10-23(18-25)29-26-12-7-13-27(32(33,34)35)28(26)36-37(29)19-21-8-4-3-5-9-21/h3-18H,19-20H2,1-2H3,(H,38,39). The minimum absolute atomic E-state index is 0.100. The second-order valence-corrected chi connectivity index (χ2v) is 10.1. The smallest absolute Gasteiger partial charge is 0.418 e. The molecule has 0 saturated heterocycles. The molecule has 1 heterocycles. The number of carbonyl (C=O) groups is 1. The summed E-state index contributed by atoms with van der Waals surface area (Å²) in [5.74, 6) is -0.366. The number of hydrogen-bond donors (Lipinski definition) is 1. The quantitative estimate of drug-likeness (QED) is 0.217. The highest BCUT2D eigenvalue weighted by Gasteiger charge is 2.34. The highest BCUT2D eigenvalue weighted by molar-refractivity contribution is 5.95. The van der Waals surface area contributed by atoms with Gasteiger partial charge in [-0.3, -0.25) is 9.48 Å². The minimum Gasteiger partial charge on any atom is -0.489 e. The number of hydrogen-bond acceptors (Lipinski definition) is 3. The number of carboxylic acids is 1. The molecule has 204 valence electrons. The molecule has 0 bridgehead atoms. The highest BCUT2D eigenvalue weighted by Crippen LogP contribution is 2.39. The maximum Gasteiger partial charge on any atom is 0.418 e. The van der Waals surface area contributed by atoms with Gasteiger partial charge in [-0.1, -0.05) is 78.9 Å². The Morgan fingerprint density at radius 3 is 2.25 bits per heavy atom. The molecule has 0 radical (unpaired) electrons. The van der Waals surface area contributed by atoms with Crippen LogP contribution in [0, 0.1) is 0 Å². The van der Waals surface area contributed by atoms with E-state index in [0.29, 0.717) is 34.5 Å². The van der Waals surface area contributed by atoms with Gasteiger partial charge in [0.05, 0.1) is 23.2 Å². The Labute approximate surface area is 229 Å². The zero-order valence-electron chi connectivity index (χ0n) is 21.9. The Balaban J connectivity index is 1.48. The lowest BCUT2D eigenvalue weighted by Gasteiger charge is -2.19. The zero-order chi connectivity index (χ0) is 28.5. The van der Waals surface area contributed by atoms with E-state index in [1.54, 1.807) is 54.9 Å². The maximum absolute atomic E-state index is 13.8. The minimum atomic E-state index is -4.54. The highest BCUT2D eigenvalue weighted by atomic mass is 19.4. The zero-order valence-corrected chi connectivity index (χ0v) is 21.9. The van der Waals surface area contributed by atoms with E-state index in [-0.39, 0.29) is 12.1 Å². The molecule has 5 nitrogen and oxygen atoms in total. The summed E-state index contributed by atoms with van der Waals surface area (Å²) in [7, 11) is 0. The van der Waals surface area contributed by atoms with Crippen LogP contribution in [0.2, 0.25) is 0 Å². The number of nitrogens with zero attached hydrogens (tertiary/aromatic N) is 2. The number of rotatable bonds is 8. The SMILES string of the molecule is CC(C)(C(=O)O)c1ccc(COc2cccc(-c3c4cccc(C(F)(F)F)c4nn3Cc3ccccc3)c2)cc1. The summed E-state index contributed by atoms with van der Waals surface area (Å²) in [5.41, 5.74) is 1.80. The van der Waals surface area contributed by atoms with Crippen molar-refractivity contribution < 1.29 is 27.8 Å². The second kappa shape index (κ2) is 10.5. The van der Waals surface area contributed by atoms with E-state index in [2.05, 4.69) is 5.10 Å². The number of aliphatic carboxylic acids is 1. The largest absolute Gasteiger partial charge is 0.489 e. The molecule has 0 aliphatic rings. The molecule has 0 aliphatic heterocycles. The van der Waals surface area contributed by atoms with Gasteiger partial charge in [0.2, 0.25) is 0 Å². The fourth-order valence-corrected chi connectivity index (χ4v) is 4.60. The van der Waals surface area contributed by atoms with Gasteiger partial charge in [-0.2, -0.15) is 18.3 Å². The summed E-state index contributed by atoms with van der Waals surface area (Å²) >= 11 is 0. The predicted octanol–water partition coefficient (Wildman–Crippen LogP) is 7.71. The Morgan fingerprint density at radius 2 is 1.57 bits per heavy atom. The normalized spacial score (nSPS) is 12.0. The molecule has 5 rings (SSSR count). The Kier molecular flexibility index (Phi) is 7.10. The molecule has 0 saturated carbocycles. The third-order valence-electron chi connectivity index (χ3n) is 6.97. The third kappa shape index (κ3) is 5.43. The van der Waals surface area contributed by atoms with Crippen molar-refractivity contribution >= 4 is 16.9 Å². The van der Waals surface area contributed by atoms with Crippen molar-refractivity contribution in [1.29, 1.82) is 0 Å². The maximum atomic E-state index is 13.8. The number of halogens is 3. The van der Waals surface area contributed by atoms with Gasteiger partial charge in [0.1, 0.15) is 17.9 Å². The summed E-state index contributed by atoms with van der Waals surface area (Å²) in [5, 5.41) is 14.3. The fraction of sp³-hybridized carbons (Fsp3) is 0.188. The molecule has 8 heteroatoms. The van der Waals surface area contributed by atoms with Gasteiger partial charge in [-0.05, 0) is 48.7 Å². The van der Waals surface area contributed by atoms with Crippen LogP contribution in [0.1, 0.15) is 36.1 Å². The molecule has 5 aromatic rings. The number of alkyl halides is 3. The van der Waals surface area contributed by atoms with E-state index >= 15 is 0 Å². The van der Waals surface area contributed by atoms with Crippen LogP contribution in [0.15, 0.2) is 97.1 Å². The number of carboxylic acid groups (broad SMARTS) is 1. The first-order valence-corrected chi connectivity index (χ1v) is 12.7. The van der Waals surface area contributed by atoms with Crippen molar-refractivity contribution in [3.8, 4) is 17.0 Å². The van der Waals surface area contributed by atoms with Crippen molar-refractivity contribution in [3.63, 3.8) is 0 Å². The van der Waals surface area contributed by atoms with E-state index in [0.717, 1.165) is 17.2 Å². The summed E-state index contributed by atoms with van der Waals surface area (Å²) in [6.07, 6.45) is -4.54. The molecule has 40 heavy (non-hydrogen) atoms. The molecule has 0 spiro atoms. The third-order valence-corrected chi connectivity index (χ3v) is 6.97. The molecular weight excluding hydrogens is 517 g/mol. The number of ether oxygens (including phenoxy) is 1. The predicted molar refractivity (Wildman–Crippen MR) is 147 cm³/mol. The van der Waals surface area contributed by atoms with Crippen LogP contribution in [0.25, 0.3) is 22.2 Å². The van der Waals surface area contributed by atoms with Crippen molar-refractivity contribution in [2.45, 2.75) is 38.6 Å². The molecule has 0 unspecified atom stereocenters. The Hall–Kier alpha value is -4.59. The Morgan fingerprint density at radius 1 is 0.875 bits per heavy atom. The van der Waals surface area contributed by atoms with Gasteiger partial charge in [0, 0.05) is 10.9 Å². The molecule has 4 aromatic carbocycles. The lowest BCUT2D eigenvalue weighted by atomic mass is 9.84. The molecule has 1 aromatic heterocycles. The monoisotopic (exact) mass is 544 g/mol. The van der Waals surface area contributed by atoms with E-state index in [1.165, 1.54) is 6.07 Å². The van der Waals surface area contributed by atoms with Gasteiger partial charge in [0.15, 0.2) is 0 Å². The van der Waals surface area contributed by atoms with Gasteiger partial charge in [-0.15, -0.1) is 0 Å². The van der Waals surface area contributed by atoms with Crippen molar-refractivity contribution in [2.24, 2.45) is 0 Å². The van der Waals surface area contributed by atoms with Gasteiger partial charge < -0.3 is 9.84 Å². The summed E-state index contributed by atoms with van der Waals surface area (Å²) in [6.45, 7) is 3.83. The molecule has 0 fully saturated rings. The molecule has 1 N–H and O–H groups in total. The van der Waals surface area contributed by atoms with Crippen LogP contribution in [0.5, 0.6) is 5.75 Å². The van der Waals surface area contributed by atoms with E-state index in [4.69, 9.17) is 4.74 Å². The molecule has 0 aliphatic carbocycles. The van der Waals surface area contributed by atoms with Crippen LogP contribution in [0.3, 0.4) is 0 Å². The number of aromatic nitrogens is 2. The average Bonchev–Trinajstić information content (AvgIpc) is 3.30. The summed E-state index contributed by atoms with van der Waals surface area (Å²) < 4.78 is 49.2. The topological polar surface area (TPSA) is 64.3 Å². The van der Waals surface area contributed by atoms with Crippen LogP contribution in [0.4, 0.5) is 13.2 Å². The molecule has 0 amide bonds. The van der Waals surface area contributed by atoms with Gasteiger partial charge in [-0.25, -0.2) is 0 Å². The fourth-order valence-electron chi connectivity index (χ4n) is 4.60. The molecule has 0 atom stereocenters. The molecular formula is C32H27F3N2O3. The summed E-state index contributed by atoms with van der Waals surface area (Å²) in [4.78, 5) is 11.5. The van der Waals surface area contributed by atoms with Crippen LogP contribution in [-0.4, -0.2) is 20.9 Å². The lowest BCUT2D eigenvalue weighted by Crippen LogP contribution is -2.28. The van der Waals surface area contributed by atoms with E-state index in [1.807, 2.05) is 48.5 Å². The number of fused-ring (bicyclic) bond motifs is 1.